The van der Waals surface area contributed by atoms with Gasteiger partial charge in [-0.1, -0.05) is 0 Å². The number of ketones is 4. The normalized spacial score (nSPS) is 32.7. The number of aromatic hydroxyl groups is 1. The van der Waals surface area contributed by atoms with E-state index in [1.165, 1.54) is 0 Å². The molecule has 6 unspecified atom stereocenters. The predicted molar refractivity (Wildman–Crippen MR) is 115 cm³/mol. The first-order valence-corrected chi connectivity index (χ1v) is 11.3. The molecule has 0 heterocycles. The molecule has 1 aromatic carbocycles. The number of anilines is 1. The number of phenols is 1. The minimum absolute atomic E-state index is 0.133. The number of carbonyl (C=O) groups excluding carboxylic acids is 5. The van der Waals surface area contributed by atoms with E-state index in [1.54, 1.807) is 0 Å². The average molecular weight is 496 g/mol. The second-order valence-corrected chi connectivity index (χ2v) is 9.38. The molecule has 0 aromatic heterocycles. The van der Waals surface area contributed by atoms with Gasteiger partial charge in [0.25, 0.3) is 0 Å². The molecule has 6 atom stereocenters. The standard InChI is InChI=1S/C22H23ClFN3O7/c23-2-1-3-27-15-9-5-7-4-8-10(24)6-11(25)16(28)13(8)17(29)12(7)19(31)22(9,34)20(32)14(18(15)30)21(26)33/h6-7,9,12,14-15,27-28,34H,1-5,25H2,(H2,26,33). The molecule has 0 radical (unpaired) electrons. The molecule has 3 aliphatic rings. The van der Waals surface area contributed by atoms with Crippen molar-refractivity contribution in [1.29, 1.82) is 0 Å². The molecule has 1 aromatic rings. The Morgan fingerprint density at radius 3 is 2.56 bits per heavy atom. The van der Waals surface area contributed by atoms with Crippen LogP contribution in [-0.2, 0) is 25.6 Å². The van der Waals surface area contributed by atoms with Crippen molar-refractivity contribution < 1.29 is 38.6 Å². The number of halogens is 2. The number of phenolic OH excluding ortho intramolecular Hbond substituents is 1. The van der Waals surface area contributed by atoms with Gasteiger partial charge in [-0.15, -0.1) is 11.6 Å². The van der Waals surface area contributed by atoms with Crippen molar-refractivity contribution in [1.82, 2.24) is 5.32 Å². The van der Waals surface area contributed by atoms with Crippen LogP contribution < -0.4 is 16.8 Å². The predicted octanol–water partition coefficient (Wildman–Crippen LogP) is -0.755. The number of benzene rings is 1. The zero-order valence-electron chi connectivity index (χ0n) is 17.8. The van der Waals surface area contributed by atoms with Crippen molar-refractivity contribution in [2.45, 2.75) is 30.9 Å². The van der Waals surface area contributed by atoms with E-state index < -0.39 is 87.2 Å². The smallest absolute Gasteiger partial charge is 0.235 e. The van der Waals surface area contributed by atoms with Crippen LogP contribution in [0.4, 0.5) is 10.1 Å². The quantitative estimate of drug-likeness (QED) is 0.115. The van der Waals surface area contributed by atoms with E-state index in [-0.39, 0.29) is 30.8 Å². The average Bonchev–Trinajstić information content (AvgIpc) is 2.76. The number of primary amides is 1. The molecule has 2 fully saturated rings. The first-order chi connectivity index (χ1) is 16.0. The summed E-state index contributed by atoms with van der Waals surface area (Å²) in [4.78, 5) is 65.0. The number of amides is 1. The Balaban J connectivity index is 1.83. The summed E-state index contributed by atoms with van der Waals surface area (Å²) >= 11 is 5.68. The summed E-state index contributed by atoms with van der Waals surface area (Å²) < 4.78 is 14.6. The minimum Gasteiger partial charge on any atom is -0.505 e. The lowest BCUT2D eigenvalue weighted by molar-refractivity contribution is -0.178. The third-order valence-corrected chi connectivity index (χ3v) is 7.46. The van der Waals surface area contributed by atoms with Gasteiger partial charge in [0, 0.05) is 23.4 Å². The Bertz CT molecular complexity index is 1140. The number of rotatable bonds is 5. The van der Waals surface area contributed by atoms with Gasteiger partial charge in [-0.3, -0.25) is 24.0 Å². The fraction of sp³-hybridized carbons (Fsp3) is 0.500. The molecule has 0 saturated heterocycles. The van der Waals surface area contributed by atoms with E-state index in [9.17, 15) is 38.6 Å². The molecule has 12 heteroatoms. The molecule has 3 aliphatic carbocycles. The van der Waals surface area contributed by atoms with Gasteiger partial charge in [0.2, 0.25) is 5.91 Å². The number of hydrogen-bond acceptors (Lipinski definition) is 9. The van der Waals surface area contributed by atoms with Gasteiger partial charge in [0.1, 0.15) is 11.6 Å². The third-order valence-electron chi connectivity index (χ3n) is 7.19. The number of aliphatic hydroxyl groups is 1. The molecule has 182 valence electrons. The number of nitrogen functional groups attached to an aromatic ring is 1. The van der Waals surface area contributed by atoms with E-state index in [0.717, 1.165) is 6.07 Å². The zero-order valence-corrected chi connectivity index (χ0v) is 18.6. The molecule has 34 heavy (non-hydrogen) atoms. The Kier molecular flexibility index (Phi) is 5.99. The van der Waals surface area contributed by atoms with Crippen LogP contribution in [0.2, 0.25) is 0 Å². The molecule has 4 rings (SSSR count). The van der Waals surface area contributed by atoms with Crippen LogP contribution >= 0.6 is 11.6 Å². The second kappa shape index (κ2) is 8.40. The fourth-order valence-electron chi connectivity index (χ4n) is 5.63. The van der Waals surface area contributed by atoms with Crippen molar-refractivity contribution in [3.05, 3.63) is 23.0 Å². The number of Topliss-reactive ketones (excluding diaryl/α,β-unsaturated/α-hetero) is 4. The fourth-order valence-corrected chi connectivity index (χ4v) is 5.76. The van der Waals surface area contributed by atoms with Crippen molar-refractivity contribution >= 4 is 46.3 Å². The van der Waals surface area contributed by atoms with Gasteiger partial charge in [0.15, 0.2) is 34.7 Å². The van der Waals surface area contributed by atoms with Crippen molar-refractivity contribution in [2.75, 3.05) is 18.2 Å². The van der Waals surface area contributed by atoms with E-state index in [4.69, 9.17) is 23.1 Å². The largest absolute Gasteiger partial charge is 0.505 e. The highest BCUT2D eigenvalue weighted by Crippen LogP contribution is 2.50. The van der Waals surface area contributed by atoms with Gasteiger partial charge >= 0.3 is 0 Å². The van der Waals surface area contributed by atoms with E-state index >= 15 is 0 Å². The summed E-state index contributed by atoms with van der Waals surface area (Å²) in [6.45, 7) is 0.179. The van der Waals surface area contributed by atoms with Gasteiger partial charge in [-0.25, -0.2) is 4.39 Å². The van der Waals surface area contributed by atoms with Gasteiger partial charge in [-0.2, -0.15) is 0 Å². The zero-order chi connectivity index (χ0) is 25.1. The lowest BCUT2D eigenvalue weighted by Gasteiger charge is -2.51. The summed E-state index contributed by atoms with van der Waals surface area (Å²) in [5.41, 5.74) is 6.97. The Hall–Kier alpha value is -2.89. The molecular formula is C22H23ClFN3O7. The maximum Gasteiger partial charge on any atom is 0.235 e. The Morgan fingerprint density at radius 1 is 1.26 bits per heavy atom. The lowest BCUT2D eigenvalue weighted by atomic mass is 9.52. The monoisotopic (exact) mass is 495 g/mol. The molecule has 0 spiro atoms. The number of nitrogens with two attached hydrogens (primary N) is 2. The molecule has 1 amide bonds. The minimum atomic E-state index is -2.85. The van der Waals surface area contributed by atoms with Crippen LogP contribution in [-0.4, -0.2) is 63.3 Å². The number of carbonyl (C=O) groups is 5. The highest BCUT2D eigenvalue weighted by atomic mass is 35.5. The van der Waals surface area contributed by atoms with Gasteiger partial charge in [-0.05, 0) is 31.7 Å². The van der Waals surface area contributed by atoms with Gasteiger partial charge < -0.3 is 27.0 Å². The SMILES string of the molecule is NC(=O)C1C(=O)C(NCCCCl)C2CC3Cc4c(F)cc(N)c(O)c4C(=O)C3C(=O)C2(O)C1=O. The summed E-state index contributed by atoms with van der Waals surface area (Å²) in [7, 11) is 0. The highest BCUT2D eigenvalue weighted by molar-refractivity contribution is 6.32. The van der Waals surface area contributed by atoms with Crippen LogP contribution in [0.25, 0.3) is 0 Å². The van der Waals surface area contributed by atoms with Crippen molar-refractivity contribution in [3.63, 3.8) is 0 Å². The van der Waals surface area contributed by atoms with Crippen LogP contribution in [0.3, 0.4) is 0 Å². The Labute approximate surface area is 197 Å². The molecule has 7 N–H and O–H groups in total. The van der Waals surface area contributed by atoms with Crippen LogP contribution in [0, 0.1) is 29.5 Å². The lowest BCUT2D eigenvalue weighted by Crippen LogP contribution is -2.74. The number of alkyl halides is 1. The first kappa shape index (κ1) is 24.2. The number of hydrogen-bond donors (Lipinski definition) is 5. The molecule has 0 aliphatic heterocycles. The first-order valence-electron chi connectivity index (χ1n) is 10.7. The molecular weight excluding hydrogens is 473 g/mol. The third kappa shape index (κ3) is 3.25. The summed E-state index contributed by atoms with van der Waals surface area (Å²) in [6, 6.07) is -0.431. The Morgan fingerprint density at radius 2 is 1.94 bits per heavy atom. The topological polar surface area (TPSA) is 190 Å². The molecule has 10 nitrogen and oxygen atoms in total. The van der Waals surface area contributed by atoms with Crippen LogP contribution in [0.15, 0.2) is 6.07 Å². The van der Waals surface area contributed by atoms with Crippen molar-refractivity contribution in [2.24, 2.45) is 29.4 Å². The highest BCUT2D eigenvalue weighted by Gasteiger charge is 2.68. The summed E-state index contributed by atoms with van der Waals surface area (Å²) in [5, 5.41) is 24.6. The van der Waals surface area contributed by atoms with Gasteiger partial charge in [0.05, 0.1) is 23.2 Å². The second-order valence-electron chi connectivity index (χ2n) is 9.01. The maximum atomic E-state index is 14.6. The number of nitrogens with one attached hydrogen (secondary N) is 1. The van der Waals surface area contributed by atoms with E-state index in [0.29, 0.717) is 6.42 Å². The summed E-state index contributed by atoms with van der Waals surface area (Å²) in [5.74, 6) is -12.9. The molecule has 2 saturated carbocycles. The van der Waals surface area contributed by atoms with E-state index in [2.05, 4.69) is 5.32 Å². The molecule has 0 bridgehead atoms. The van der Waals surface area contributed by atoms with E-state index in [1.807, 2.05) is 0 Å². The maximum absolute atomic E-state index is 14.6. The summed E-state index contributed by atoms with van der Waals surface area (Å²) in [6.07, 6.45) is 0.0629. The number of fused-ring (bicyclic) bond motifs is 3. The van der Waals surface area contributed by atoms with Crippen molar-refractivity contribution in [3.8, 4) is 5.75 Å². The van der Waals surface area contributed by atoms with Crippen LogP contribution in [0.5, 0.6) is 5.75 Å². The van der Waals surface area contributed by atoms with Crippen LogP contribution in [0.1, 0.15) is 28.8 Å².